The number of hydrogen-bond acceptors (Lipinski definition) is 5. The highest BCUT2D eigenvalue weighted by atomic mass is 16.5. The van der Waals surface area contributed by atoms with Crippen molar-refractivity contribution in [1.82, 2.24) is 15.1 Å². The third kappa shape index (κ3) is 5.36. The summed E-state index contributed by atoms with van der Waals surface area (Å²) < 4.78 is 11.1. The molecule has 0 radical (unpaired) electrons. The number of likely N-dealkylation sites (N-methyl/N-ethyl adjacent to an activating group) is 1. The van der Waals surface area contributed by atoms with Gasteiger partial charge in [0.15, 0.2) is 5.76 Å². The Morgan fingerprint density at radius 1 is 0.969 bits per heavy atom. The molecule has 4 rings (SSSR count). The summed E-state index contributed by atoms with van der Waals surface area (Å²) in [5.41, 5.74) is 2.25. The number of nitrogens with one attached hydrogen (secondary N) is 1. The Morgan fingerprint density at radius 2 is 1.69 bits per heavy atom. The number of carbonyl (C=O) groups excluding carboxylic acids is 2. The summed E-state index contributed by atoms with van der Waals surface area (Å²) in [5.74, 6) is 0.709. The summed E-state index contributed by atoms with van der Waals surface area (Å²) >= 11 is 0. The van der Waals surface area contributed by atoms with Gasteiger partial charge in [-0.3, -0.25) is 9.59 Å². The van der Waals surface area contributed by atoms with Gasteiger partial charge in [-0.05, 0) is 42.9 Å². The van der Waals surface area contributed by atoms with E-state index in [9.17, 15) is 9.59 Å². The Balaban J connectivity index is 1.30. The van der Waals surface area contributed by atoms with Crippen LogP contribution in [0.15, 0.2) is 71.3 Å². The van der Waals surface area contributed by atoms with Gasteiger partial charge in [0.2, 0.25) is 0 Å². The number of furan rings is 1. The van der Waals surface area contributed by atoms with Crippen molar-refractivity contribution in [2.45, 2.75) is 13.2 Å². The molecule has 0 unspecified atom stereocenters. The van der Waals surface area contributed by atoms with Crippen molar-refractivity contribution in [2.24, 2.45) is 0 Å². The van der Waals surface area contributed by atoms with Crippen molar-refractivity contribution in [3.8, 4) is 5.75 Å². The molecule has 0 bridgehead atoms. The Bertz CT molecular complexity index is 1040. The Kier molecular flexibility index (Phi) is 6.87. The maximum Gasteiger partial charge on any atom is 0.287 e. The summed E-state index contributed by atoms with van der Waals surface area (Å²) in [6.45, 7) is 3.84. The van der Waals surface area contributed by atoms with E-state index >= 15 is 0 Å². The zero-order chi connectivity index (χ0) is 22.3. The van der Waals surface area contributed by atoms with E-state index in [4.69, 9.17) is 9.15 Å². The highest BCUT2D eigenvalue weighted by Crippen LogP contribution is 2.16. The van der Waals surface area contributed by atoms with Crippen LogP contribution in [0.3, 0.4) is 0 Å². The van der Waals surface area contributed by atoms with Gasteiger partial charge in [0.1, 0.15) is 12.4 Å². The molecule has 2 amide bonds. The first-order valence-corrected chi connectivity index (χ1v) is 10.7. The third-order valence-electron chi connectivity index (χ3n) is 5.53. The van der Waals surface area contributed by atoms with Crippen LogP contribution in [0.2, 0.25) is 0 Å². The van der Waals surface area contributed by atoms with E-state index in [2.05, 4.69) is 17.3 Å². The minimum absolute atomic E-state index is 0.0485. The van der Waals surface area contributed by atoms with Crippen LogP contribution in [0, 0.1) is 0 Å². The van der Waals surface area contributed by atoms with Crippen LogP contribution in [0.1, 0.15) is 32.0 Å². The third-order valence-corrected chi connectivity index (χ3v) is 5.53. The lowest BCUT2D eigenvalue weighted by Gasteiger charge is -2.32. The average molecular weight is 434 g/mol. The predicted octanol–water partition coefficient (Wildman–Crippen LogP) is 3.18. The second-order valence-electron chi connectivity index (χ2n) is 7.85. The molecule has 32 heavy (non-hydrogen) atoms. The summed E-state index contributed by atoms with van der Waals surface area (Å²) in [6, 6.07) is 18.5. The van der Waals surface area contributed by atoms with Gasteiger partial charge >= 0.3 is 0 Å². The normalized spacial score (nSPS) is 14.2. The summed E-state index contributed by atoms with van der Waals surface area (Å²) in [6.07, 6.45) is 1.48. The van der Waals surface area contributed by atoms with E-state index in [1.165, 1.54) is 6.26 Å². The summed E-state index contributed by atoms with van der Waals surface area (Å²) in [7, 11) is 2.06. The summed E-state index contributed by atoms with van der Waals surface area (Å²) in [5, 5.41) is 2.87. The molecule has 0 aliphatic carbocycles. The Morgan fingerprint density at radius 3 is 2.41 bits per heavy atom. The number of carbonyl (C=O) groups is 2. The van der Waals surface area contributed by atoms with Crippen LogP contribution in [0.4, 0.5) is 0 Å². The molecule has 7 nitrogen and oxygen atoms in total. The first-order chi connectivity index (χ1) is 15.6. The predicted molar refractivity (Wildman–Crippen MR) is 120 cm³/mol. The molecular weight excluding hydrogens is 406 g/mol. The fourth-order valence-electron chi connectivity index (χ4n) is 3.55. The van der Waals surface area contributed by atoms with E-state index in [0.29, 0.717) is 17.7 Å². The maximum absolute atomic E-state index is 12.7. The van der Waals surface area contributed by atoms with Crippen LogP contribution in [0.5, 0.6) is 5.75 Å². The monoisotopic (exact) mass is 433 g/mol. The second-order valence-corrected chi connectivity index (χ2v) is 7.85. The van der Waals surface area contributed by atoms with Crippen molar-refractivity contribution in [3.63, 3.8) is 0 Å². The van der Waals surface area contributed by atoms with Gasteiger partial charge in [0.05, 0.1) is 6.26 Å². The zero-order valence-electron chi connectivity index (χ0n) is 18.1. The first-order valence-electron chi connectivity index (χ1n) is 10.7. The highest BCUT2D eigenvalue weighted by molar-refractivity contribution is 5.94. The van der Waals surface area contributed by atoms with E-state index in [-0.39, 0.29) is 24.2 Å². The van der Waals surface area contributed by atoms with Crippen molar-refractivity contribution in [1.29, 1.82) is 0 Å². The lowest BCUT2D eigenvalue weighted by Crippen LogP contribution is -2.47. The minimum atomic E-state index is -0.306. The Labute approximate surface area is 187 Å². The number of amides is 2. The van der Waals surface area contributed by atoms with E-state index in [1.807, 2.05) is 59.5 Å². The number of hydrogen-bond donors (Lipinski definition) is 1. The van der Waals surface area contributed by atoms with Crippen molar-refractivity contribution in [3.05, 3.63) is 89.4 Å². The van der Waals surface area contributed by atoms with Crippen LogP contribution in [-0.4, -0.2) is 54.8 Å². The molecule has 2 aromatic carbocycles. The van der Waals surface area contributed by atoms with Crippen molar-refractivity contribution in [2.75, 3.05) is 33.2 Å². The zero-order valence-corrected chi connectivity index (χ0v) is 18.1. The second kappa shape index (κ2) is 10.2. The van der Waals surface area contributed by atoms with E-state index in [0.717, 1.165) is 37.5 Å². The van der Waals surface area contributed by atoms with Gasteiger partial charge in [-0.2, -0.15) is 0 Å². The molecule has 2 heterocycles. The van der Waals surface area contributed by atoms with Gasteiger partial charge in [-0.25, -0.2) is 0 Å². The molecule has 0 saturated carbocycles. The smallest absolute Gasteiger partial charge is 0.287 e. The van der Waals surface area contributed by atoms with Gasteiger partial charge in [-0.1, -0.05) is 30.3 Å². The van der Waals surface area contributed by atoms with Gasteiger partial charge < -0.3 is 24.3 Å². The average Bonchev–Trinajstić information content (AvgIpc) is 3.31. The molecule has 1 aliphatic heterocycles. The number of piperazine rings is 1. The molecule has 1 N–H and O–H groups in total. The number of para-hydroxylation sites is 1. The van der Waals surface area contributed by atoms with Gasteiger partial charge in [-0.15, -0.1) is 0 Å². The van der Waals surface area contributed by atoms with Crippen molar-refractivity contribution >= 4 is 11.8 Å². The molecule has 1 saturated heterocycles. The number of rotatable bonds is 7. The molecule has 1 aromatic heterocycles. The van der Waals surface area contributed by atoms with Crippen LogP contribution in [-0.2, 0) is 13.2 Å². The Hall–Kier alpha value is -3.58. The van der Waals surface area contributed by atoms with Crippen LogP contribution in [0.25, 0.3) is 0 Å². The molecule has 0 atom stereocenters. The molecule has 3 aromatic rings. The summed E-state index contributed by atoms with van der Waals surface area (Å²) in [4.78, 5) is 29.3. The highest BCUT2D eigenvalue weighted by Gasteiger charge is 2.20. The lowest BCUT2D eigenvalue weighted by atomic mass is 10.1. The van der Waals surface area contributed by atoms with Crippen molar-refractivity contribution < 1.29 is 18.7 Å². The largest absolute Gasteiger partial charge is 0.489 e. The number of benzene rings is 2. The number of nitrogens with zero attached hydrogens (tertiary/aromatic N) is 2. The maximum atomic E-state index is 12.7. The van der Waals surface area contributed by atoms with Gasteiger partial charge in [0.25, 0.3) is 11.8 Å². The van der Waals surface area contributed by atoms with Crippen LogP contribution < -0.4 is 10.1 Å². The fraction of sp³-hybridized carbons (Fsp3) is 0.280. The molecular formula is C25H27N3O4. The first kappa shape index (κ1) is 21.6. The van der Waals surface area contributed by atoms with E-state index < -0.39 is 0 Å². The number of ether oxygens (including phenoxy) is 1. The van der Waals surface area contributed by atoms with Crippen LogP contribution >= 0.6 is 0 Å². The standard InChI is InChI=1S/C25H27N3O4/c1-27-12-14-28(15-13-27)25(30)20-9-7-19(8-10-20)17-26-24(29)23-21(11-16-31-23)18-32-22-5-3-2-4-6-22/h2-11,16H,12-15,17-18H2,1H3,(H,26,29). The topological polar surface area (TPSA) is 75.0 Å². The quantitative estimate of drug-likeness (QED) is 0.620. The molecule has 1 aliphatic rings. The fourth-order valence-corrected chi connectivity index (χ4v) is 3.55. The molecule has 166 valence electrons. The molecule has 0 spiro atoms. The molecule has 1 fully saturated rings. The lowest BCUT2D eigenvalue weighted by molar-refractivity contribution is 0.0664. The minimum Gasteiger partial charge on any atom is -0.489 e. The van der Waals surface area contributed by atoms with E-state index in [1.54, 1.807) is 6.07 Å². The molecule has 7 heteroatoms. The SMILES string of the molecule is CN1CCN(C(=O)c2ccc(CNC(=O)c3occc3COc3ccccc3)cc2)CC1. The van der Waals surface area contributed by atoms with Gasteiger partial charge in [0, 0.05) is 43.9 Å².